The van der Waals surface area contributed by atoms with E-state index in [2.05, 4.69) is 4.72 Å². The zero-order valence-electron chi connectivity index (χ0n) is 20.6. The topological polar surface area (TPSA) is 90.9 Å². The maximum atomic E-state index is 13.3. The lowest BCUT2D eigenvalue weighted by Crippen LogP contribution is -2.45. The third kappa shape index (κ3) is 8.32. The zero-order chi connectivity index (χ0) is 26.0. The Morgan fingerprint density at radius 1 is 0.778 bits per heavy atom. The second kappa shape index (κ2) is 13.0. The fourth-order valence-corrected chi connectivity index (χ4v) is 4.02. The van der Waals surface area contributed by atoms with E-state index in [1.807, 2.05) is 54.6 Å². The monoisotopic (exact) mass is 509 g/mol. The van der Waals surface area contributed by atoms with Crippen LogP contribution in [0.1, 0.15) is 43.5 Å². The van der Waals surface area contributed by atoms with Gasteiger partial charge in [-0.1, -0.05) is 91.0 Å². The van der Waals surface area contributed by atoms with Crippen LogP contribution in [0.4, 0.5) is 4.79 Å². The molecule has 0 aromatic heterocycles. The molecule has 3 rings (SSSR count). The number of nitrogens with one attached hydrogen (secondary N) is 1. The number of hydrogen-bond acceptors (Lipinski definition) is 6. The first-order valence-corrected chi connectivity index (χ1v) is 12.7. The average molecular weight is 510 g/mol. The van der Waals surface area contributed by atoms with Crippen molar-refractivity contribution in [3.05, 3.63) is 108 Å². The Labute approximate surface area is 214 Å². The van der Waals surface area contributed by atoms with Crippen LogP contribution >= 0.6 is 0 Å². The largest absolute Gasteiger partial charge is 0.509 e. The molecule has 0 aliphatic carbocycles. The van der Waals surface area contributed by atoms with Crippen molar-refractivity contribution >= 4 is 23.1 Å². The molecule has 36 heavy (non-hydrogen) atoms. The number of esters is 1. The van der Waals surface area contributed by atoms with Crippen LogP contribution in [0.25, 0.3) is 0 Å². The molecule has 0 radical (unpaired) electrons. The van der Waals surface area contributed by atoms with Crippen LogP contribution < -0.4 is 4.72 Å². The summed E-state index contributed by atoms with van der Waals surface area (Å²) in [6, 6.07) is 26.2. The summed E-state index contributed by atoms with van der Waals surface area (Å²) in [5.41, 5.74) is 2.15. The SMILES string of the molecule is CC(C)(C)S(=O)N[C@@H](c1ccccc1)[C@@H](OC(=O)OCc1ccccc1)C(=O)OCc1ccccc1. The van der Waals surface area contributed by atoms with Crippen molar-refractivity contribution in [3.63, 3.8) is 0 Å². The predicted octanol–water partition coefficient (Wildman–Crippen LogP) is 5.24. The molecule has 7 nitrogen and oxygen atoms in total. The predicted molar refractivity (Wildman–Crippen MR) is 138 cm³/mol. The van der Waals surface area contributed by atoms with Gasteiger partial charge in [0, 0.05) is 0 Å². The molecule has 1 N–H and O–H groups in total. The highest BCUT2D eigenvalue weighted by atomic mass is 32.2. The maximum Gasteiger partial charge on any atom is 0.509 e. The third-order valence-electron chi connectivity index (χ3n) is 5.13. The minimum absolute atomic E-state index is 0.0114. The molecule has 0 heterocycles. The lowest BCUT2D eigenvalue weighted by Gasteiger charge is -2.29. The van der Waals surface area contributed by atoms with Crippen LogP contribution in [0, 0.1) is 0 Å². The van der Waals surface area contributed by atoms with Gasteiger partial charge < -0.3 is 14.2 Å². The molecule has 0 saturated heterocycles. The summed E-state index contributed by atoms with van der Waals surface area (Å²) in [5, 5.41) is 0. The van der Waals surface area contributed by atoms with E-state index in [9.17, 15) is 13.8 Å². The zero-order valence-corrected chi connectivity index (χ0v) is 21.4. The molecule has 3 aromatic carbocycles. The number of rotatable bonds is 10. The second-order valence-electron chi connectivity index (χ2n) is 9.04. The van der Waals surface area contributed by atoms with Gasteiger partial charge in [-0.2, -0.15) is 0 Å². The van der Waals surface area contributed by atoms with Crippen LogP contribution in [0.2, 0.25) is 0 Å². The van der Waals surface area contributed by atoms with E-state index in [0.29, 0.717) is 5.56 Å². The Hall–Kier alpha value is -3.49. The van der Waals surface area contributed by atoms with Crippen molar-refractivity contribution in [2.45, 2.75) is 50.9 Å². The Morgan fingerprint density at radius 3 is 1.75 bits per heavy atom. The Balaban J connectivity index is 1.84. The number of hydrogen-bond donors (Lipinski definition) is 1. The van der Waals surface area contributed by atoms with Crippen molar-refractivity contribution in [1.29, 1.82) is 0 Å². The first kappa shape index (κ1) is 27.1. The summed E-state index contributed by atoms with van der Waals surface area (Å²) < 4.78 is 31.6. The van der Waals surface area contributed by atoms with E-state index < -0.39 is 40.0 Å². The summed E-state index contributed by atoms with van der Waals surface area (Å²) in [4.78, 5) is 25.9. The van der Waals surface area contributed by atoms with Gasteiger partial charge in [-0.15, -0.1) is 0 Å². The standard InChI is InChI=1S/C28H31NO6S/c1-28(2,3)36(32)29-24(23-17-11-6-12-18-23)25(26(30)33-19-21-13-7-4-8-14-21)35-27(31)34-20-22-15-9-5-10-16-22/h4-18,24-25,29H,19-20H2,1-3H3/t24-,25+,36?/m0/s1. The fraction of sp³-hybridized carbons (Fsp3) is 0.286. The van der Waals surface area contributed by atoms with Crippen LogP contribution in [-0.2, 0) is 43.2 Å². The van der Waals surface area contributed by atoms with Gasteiger partial charge in [-0.05, 0) is 37.5 Å². The number of carbonyl (C=O) groups excluding carboxylic acids is 2. The van der Waals surface area contributed by atoms with E-state index in [0.717, 1.165) is 11.1 Å². The lowest BCUT2D eigenvalue weighted by atomic mass is 10.0. The quantitative estimate of drug-likeness (QED) is 0.376. The maximum absolute atomic E-state index is 13.3. The highest BCUT2D eigenvalue weighted by molar-refractivity contribution is 7.84. The minimum Gasteiger partial charge on any atom is -0.458 e. The summed E-state index contributed by atoms with van der Waals surface area (Å²) in [6.07, 6.45) is -2.49. The summed E-state index contributed by atoms with van der Waals surface area (Å²) in [5.74, 6) is -0.789. The first-order valence-electron chi connectivity index (χ1n) is 11.5. The van der Waals surface area contributed by atoms with Gasteiger partial charge in [0.15, 0.2) is 0 Å². The summed E-state index contributed by atoms with van der Waals surface area (Å²) in [7, 11) is -1.58. The van der Waals surface area contributed by atoms with Crippen LogP contribution in [0.5, 0.6) is 0 Å². The van der Waals surface area contributed by atoms with E-state index in [1.54, 1.807) is 57.2 Å². The van der Waals surface area contributed by atoms with Crippen molar-refractivity contribution in [2.24, 2.45) is 0 Å². The van der Waals surface area contributed by atoms with Gasteiger partial charge in [0.25, 0.3) is 0 Å². The van der Waals surface area contributed by atoms with Crippen LogP contribution in [0.3, 0.4) is 0 Å². The van der Waals surface area contributed by atoms with Crippen LogP contribution in [-0.4, -0.2) is 27.2 Å². The number of ether oxygens (including phenoxy) is 3. The number of carbonyl (C=O) groups is 2. The lowest BCUT2D eigenvalue weighted by molar-refractivity contribution is -0.158. The molecule has 0 aliphatic heterocycles. The van der Waals surface area contributed by atoms with E-state index >= 15 is 0 Å². The number of benzene rings is 3. The van der Waals surface area contributed by atoms with Gasteiger partial charge in [0.1, 0.15) is 13.2 Å². The normalized spacial score (nSPS) is 13.8. The fourth-order valence-electron chi connectivity index (χ4n) is 3.17. The van der Waals surface area contributed by atoms with Crippen LogP contribution in [0.15, 0.2) is 91.0 Å². The van der Waals surface area contributed by atoms with Crippen molar-refractivity contribution < 1.29 is 28.0 Å². The smallest absolute Gasteiger partial charge is 0.458 e. The Bertz CT molecular complexity index is 1130. The van der Waals surface area contributed by atoms with Crippen molar-refractivity contribution in [1.82, 2.24) is 4.72 Å². The molecule has 0 amide bonds. The molecule has 0 spiro atoms. The first-order chi connectivity index (χ1) is 17.2. The Morgan fingerprint density at radius 2 is 1.25 bits per heavy atom. The van der Waals surface area contributed by atoms with Gasteiger partial charge in [-0.3, -0.25) is 0 Å². The summed E-state index contributed by atoms with van der Waals surface area (Å²) in [6.45, 7) is 5.37. The third-order valence-corrected chi connectivity index (χ3v) is 6.71. The highest BCUT2D eigenvalue weighted by Crippen LogP contribution is 2.25. The molecular weight excluding hydrogens is 478 g/mol. The van der Waals surface area contributed by atoms with Crippen molar-refractivity contribution in [2.75, 3.05) is 0 Å². The molecule has 0 saturated carbocycles. The van der Waals surface area contributed by atoms with Gasteiger partial charge in [0.2, 0.25) is 6.10 Å². The molecular formula is C28H31NO6S. The molecule has 190 valence electrons. The Kier molecular flexibility index (Phi) is 9.78. The van der Waals surface area contributed by atoms with E-state index in [-0.39, 0.29) is 13.2 Å². The molecule has 1 unspecified atom stereocenters. The van der Waals surface area contributed by atoms with Crippen molar-refractivity contribution in [3.8, 4) is 0 Å². The molecule has 3 atom stereocenters. The van der Waals surface area contributed by atoms with Gasteiger partial charge in [-0.25, -0.2) is 18.5 Å². The van der Waals surface area contributed by atoms with E-state index in [4.69, 9.17) is 14.2 Å². The highest BCUT2D eigenvalue weighted by Gasteiger charge is 2.38. The average Bonchev–Trinajstić information content (AvgIpc) is 2.89. The van der Waals surface area contributed by atoms with Gasteiger partial charge in [0.05, 0.1) is 21.8 Å². The molecule has 3 aromatic rings. The summed E-state index contributed by atoms with van der Waals surface area (Å²) >= 11 is 0. The molecule has 0 bridgehead atoms. The molecule has 0 aliphatic rings. The molecule has 0 fully saturated rings. The van der Waals surface area contributed by atoms with Gasteiger partial charge >= 0.3 is 12.1 Å². The van der Waals surface area contributed by atoms with E-state index in [1.165, 1.54) is 0 Å². The second-order valence-corrected chi connectivity index (χ2v) is 11.0. The molecule has 8 heteroatoms. The minimum atomic E-state index is -1.58.